The number of hydrogen-bond acceptors (Lipinski definition) is 4. The number of halogens is 1. The third-order valence-corrected chi connectivity index (χ3v) is 3.51. The van der Waals surface area contributed by atoms with Crippen molar-refractivity contribution >= 4 is 22.9 Å². The lowest BCUT2D eigenvalue weighted by Crippen LogP contribution is -2.37. The molecular weight excluding hydrogens is 354 g/mol. The predicted molar refractivity (Wildman–Crippen MR) is 99.3 cm³/mol. The topological polar surface area (TPSA) is 45.7 Å². The molecule has 5 heteroatoms. The molecule has 0 aliphatic carbocycles. The molecule has 2 aromatic carbocycles. The van der Waals surface area contributed by atoms with Gasteiger partial charge in [0.15, 0.2) is 5.96 Å². The molecule has 1 heterocycles. The molecule has 0 saturated carbocycles. The molecule has 0 aromatic heterocycles. The number of hydrogen-bond donors (Lipinski definition) is 2. The lowest BCUT2D eigenvalue weighted by atomic mass is 10.2. The van der Waals surface area contributed by atoms with Crippen LogP contribution >= 0.6 is 17.0 Å². The van der Waals surface area contributed by atoms with Gasteiger partial charge in [-0.05, 0) is 30.2 Å². The largest absolute Gasteiger partial charge is 0.489 e. The van der Waals surface area contributed by atoms with E-state index in [0.29, 0.717) is 12.6 Å². The molecule has 1 atom stereocenters. The normalized spacial score (nSPS) is 16.0. The highest BCUT2D eigenvalue weighted by Gasteiger charge is 2.11. The van der Waals surface area contributed by atoms with Gasteiger partial charge in [-0.2, -0.15) is 0 Å². The Labute approximate surface area is 147 Å². The van der Waals surface area contributed by atoms with Gasteiger partial charge >= 0.3 is 0 Å². The van der Waals surface area contributed by atoms with Crippen LogP contribution in [-0.2, 0) is 13.2 Å². The number of nitrogens with one attached hydrogen (secondary N) is 2. The van der Waals surface area contributed by atoms with Crippen molar-refractivity contribution in [3.63, 3.8) is 0 Å². The van der Waals surface area contributed by atoms with E-state index >= 15 is 0 Å². The van der Waals surface area contributed by atoms with Crippen LogP contribution in [0.15, 0.2) is 59.6 Å². The summed E-state index contributed by atoms with van der Waals surface area (Å²) in [5, 5.41) is 6.61. The van der Waals surface area contributed by atoms with Gasteiger partial charge in [0.05, 0.1) is 6.54 Å². The second-order valence-corrected chi connectivity index (χ2v) is 5.51. The van der Waals surface area contributed by atoms with Gasteiger partial charge in [-0.1, -0.05) is 42.5 Å². The van der Waals surface area contributed by atoms with Gasteiger partial charge in [0.25, 0.3) is 0 Å². The summed E-state index contributed by atoms with van der Waals surface area (Å²) in [7, 11) is 0. The molecule has 122 valence electrons. The summed E-state index contributed by atoms with van der Waals surface area (Å²) >= 11 is 0. The molecule has 23 heavy (non-hydrogen) atoms. The van der Waals surface area contributed by atoms with E-state index in [-0.39, 0.29) is 17.0 Å². The molecule has 3 rings (SSSR count). The molecule has 2 aromatic rings. The van der Waals surface area contributed by atoms with Crippen molar-refractivity contribution in [1.82, 2.24) is 10.6 Å². The van der Waals surface area contributed by atoms with Crippen LogP contribution in [0.1, 0.15) is 18.1 Å². The third-order valence-electron chi connectivity index (χ3n) is 3.51. The zero-order chi connectivity index (χ0) is 15.2. The summed E-state index contributed by atoms with van der Waals surface area (Å²) in [4.78, 5) is 4.39. The number of guanidine groups is 1. The molecule has 0 saturated heterocycles. The van der Waals surface area contributed by atoms with Crippen molar-refractivity contribution in [1.29, 1.82) is 0 Å². The molecule has 1 unspecified atom stereocenters. The Balaban J connectivity index is 0.00000192. The smallest absolute Gasteiger partial charge is 0.191 e. The monoisotopic (exact) mass is 375 g/mol. The maximum absolute atomic E-state index is 5.85. The number of aliphatic imine (C=N–C) groups is 1. The lowest BCUT2D eigenvalue weighted by molar-refractivity contribution is 0.306. The molecule has 1 aliphatic heterocycles. The first kappa shape index (κ1) is 17.3. The fourth-order valence-electron chi connectivity index (χ4n) is 2.33. The Morgan fingerprint density at radius 2 is 1.91 bits per heavy atom. The zero-order valence-electron chi connectivity index (χ0n) is 13.2. The summed E-state index contributed by atoms with van der Waals surface area (Å²) in [5.74, 6) is 1.76. The highest BCUT2D eigenvalue weighted by atomic mass is 79.9. The van der Waals surface area contributed by atoms with E-state index in [2.05, 4.69) is 46.8 Å². The molecule has 0 fully saturated rings. The average molecular weight is 376 g/mol. The van der Waals surface area contributed by atoms with Gasteiger partial charge in [-0.25, -0.2) is 0 Å². The lowest BCUT2D eigenvalue weighted by Gasteiger charge is -2.11. The number of benzene rings is 2. The Hall–Kier alpha value is -2.01. The summed E-state index contributed by atoms with van der Waals surface area (Å²) in [6.45, 7) is 4.28. The Bertz CT molecular complexity index is 646. The van der Waals surface area contributed by atoms with Crippen molar-refractivity contribution in [3.05, 3.63) is 65.7 Å². The van der Waals surface area contributed by atoms with Crippen molar-refractivity contribution in [3.8, 4) is 5.75 Å². The first-order valence-corrected chi connectivity index (χ1v) is 7.60. The second-order valence-electron chi connectivity index (χ2n) is 5.51. The van der Waals surface area contributed by atoms with E-state index in [1.54, 1.807) is 0 Å². The molecule has 1 aliphatic rings. The molecular formula is C18H22BrN3O. The van der Waals surface area contributed by atoms with Gasteiger partial charge in [-0.15, -0.1) is 17.0 Å². The third kappa shape index (κ3) is 5.28. The Kier molecular flexibility index (Phi) is 6.47. The maximum atomic E-state index is 5.85. The summed E-state index contributed by atoms with van der Waals surface area (Å²) in [6, 6.07) is 18.8. The fraction of sp³-hybridized carbons (Fsp3) is 0.278. The van der Waals surface area contributed by atoms with E-state index in [0.717, 1.165) is 24.8 Å². The predicted octanol–water partition coefficient (Wildman–Crippen LogP) is 3.28. The first-order valence-electron chi connectivity index (χ1n) is 7.60. The molecule has 4 nitrogen and oxygen atoms in total. The molecule has 0 bridgehead atoms. The standard InChI is InChI=1S/C18H21N3O.BrH/c1-14-11-19-18(21-14)20-12-16-8-5-9-17(10-16)22-13-15-6-3-2-4-7-15;/h2-10,14H,11-13H2,1H3,(H2,19,20,21);1H. The molecule has 0 spiro atoms. The minimum atomic E-state index is 0. The maximum Gasteiger partial charge on any atom is 0.191 e. The molecule has 2 N–H and O–H groups in total. The van der Waals surface area contributed by atoms with Crippen LogP contribution in [0.5, 0.6) is 5.75 Å². The number of ether oxygens (including phenoxy) is 1. The van der Waals surface area contributed by atoms with Gasteiger partial charge in [0.1, 0.15) is 12.4 Å². The zero-order valence-corrected chi connectivity index (χ0v) is 14.9. The summed E-state index contributed by atoms with van der Waals surface area (Å²) in [5.41, 5.74) is 2.35. The average Bonchev–Trinajstić information content (AvgIpc) is 2.98. The van der Waals surface area contributed by atoms with Crippen molar-refractivity contribution in [2.75, 3.05) is 6.54 Å². The van der Waals surface area contributed by atoms with E-state index in [9.17, 15) is 0 Å². The van der Waals surface area contributed by atoms with E-state index < -0.39 is 0 Å². The summed E-state index contributed by atoms with van der Waals surface area (Å²) in [6.07, 6.45) is 0. The summed E-state index contributed by atoms with van der Waals surface area (Å²) < 4.78 is 5.85. The van der Waals surface area contributed by atoms with Crippen molar-refractivity contribution in [2.45, 2.75) is 26.1 Å². The minimum absolute atomic E-state index is 0. The van der Waals surface area contributed by atoms with Crippen LogP contribution in [0.3, 0.4) is 0 Å². The van der Waals surface area contributed by atoms with Crippen LogP contribution in [0.2, 0.25) is 0 Å². The van der Waals surface area contributed by atoms with Crippen LogP contribution in [0.4, 0.5) is 0 Å². The Morgan fingerprint density at radius 3 is 2.65 bits per heavy atom. The first-order chi connectivity index (χ1) is 10.8. The number of nitrogens with zero attached hydrogens (tertiary/aromatic N) is 1. The minimum Gasteiger partial charge on any atom is -0.489 e. The van der Waals surface area contributed by atoms with Gasteiger partial charge in [0.2, 0.25) is 0 Å². The van der Waals surface area contributed by atoms with Crippen LogP contribution in [0.25, 0.3) is 0 Å². The molecule has 0 radical (unpaired) electrons. The highest BCUT2D eigenvalue weighted by Crippen LogP contribution is 2.15. The van der Waals surface area contributed by atoms with Crippen LogP contribution in [0, 0.1) is 0 Å². The highest BCUT2D eigenvalue weighted by molar-refractivity contribution is 8.93. The van der Waals surface area contributed by atoms with E-state index in [1.807, 2.05) is 30.3 Å². The van der Waals surface area contributed by atoms with E-state index in [4.69, 9.17) is 4.74 Å². The van der Waals surface area contributed by atoms with Crippen LogP contribution in [-0.4, -0.2) is 18.5 Å². The SMILES string of the molecule is Br.CC1CN=C(NCc2cccc(OCc3ccccc3)c2)N1. The van der Waals surface area contributed by atoms with Crippen molar-refractivity contribution < 1.29 is 4.74 Å². The molecule has 0 amide bonds. The van der Waals surface area contributed by atoms with Crippen LogP contribution < -0.4 is 15.4 Å². The fourth-order valence-corrected chi connectivity index (χ4v) is 2.33. The van der Waals surface area contributed by atoms with Gasteiger partial charge in [0, 0.05) is 12.6 Å². The van der Waals surface area contributed by atoms with Gasteiger partial charge in [-0.3, -0.25) is 4.99 Å². The second kappa shape index (κ2) is 8.58. The Morgan fingerprint density at radius 1 is 1.13 bits per heavy atom. The number of rotatable bonds is 5. The van der Waals surface area contributed by atoms with Crippen molar-refractivity contribution in [2.24, 2.45) is 4.99 Å². The van der Waals surface area contributed by atoms with E-state index in [1.165, 1.54) is 11.1 Å². The quantitative estimate of drug-likeness (QED) is 0.842. The van der Waals surface area contributed by atoms with Gasteiger partial charge < -0.3 is 15.4 Å².